The summed E-state index contributed by atoms with van der Waals surface area (Å²) in [6, 6.07) is 34.0. The monoisotopic (exact) mass is 1350 g/mol. The van der Waals surface area contributed by atoms with Gasteiger partial charge in [-0.2, -0.15) is 5.26 Å². The third-order valence-corrected chi connectivity index (χ3v) is 20.0. The lowest BCUT2D eigenvalue weighted by Gasteiger charge is -2.45. The van der Waals surface area contributed by atoms with E-state index in [9.17, 15) is 34.0 Å². The molecule has 4 heterocycles. The van der Waals surface area contributed by atoms with E-state index < -0.39 is 185 Å². The molecule has 0 aliphatic carbocycles. The van der Waals surface area contributed by atoms with Crippen molar-refractivity contribution in [2.75, 3.05) is 9.80 Å². The Morgan fingerprint density at radius 1 is 0.330 bits per heavy atom. The number of fused-ring (bicyclic) bond motifs is 10. The van der Waals surface area contributed by atoms with Crippen molar-refractivity contribution in [2.45, 2.75) is 78.6 Å². The van der Waals surface area contributed by atoms with Gasteiger partial charge >= 0.3 is 0 Å². The van der Waals surface area contributed by atoms with Gasteiger partial charge in [0.05, 0.1) is 79.3 Å². The van der Waals surface area contributed by atoms with Gasteiger partial charge in [0.2, 0.25) is 0 Å². The summed E-state index contributed by atoms with van der Waals surface area (Å²) in [5, 5.41) is 10.7. The molecule has 5 nitrogen and oxygen atoms in total. The standard InChI is InChI=1S/C97H78BN5/c1-95(2,3)70-51-69(52-71(55-70)96(4,5)6)68-46-48-82-88(54-68)102(74-50-62(61-99)49-73(58-74)101-86-43-27-24-39-79(86)92-76(40-28-44-87(92)101)64-31-16-11-17-32-64)90-59-75(100-84-41-25-22-37-77(84)78-38-23-26-42-85(78)100)60-91-93(90)98(82)83-47-45-67(63-29-14-10-15-30-63)53-89(83)103(91)94-80(65-33-18-12-19-34-65)56-72(97(7,8)9)57-81(94)66-35-20-13-21-36-66/h10-60H,1-9H3/i10D,11D,14D,15D,16D,17D,22D,23D,24D,25D,26D,27D,28D,29D,30D,31D,32D,37D,38D,39D,40D,41D,42D,43D,44D. The number of hydrogen-bond acceptors (Lipinski definition) is 3. The Kier molecular flexibility index (Phi) is 9.68. The molecule has 0 radical (unpaired) electrons. The molecular weight excluding hydrogens is 1250 g/mol. The fraction of sp³-hybridized carbons (Fsp3) is 0.124. The van der Waals surface area contributed by atoms with Crippen molar-refractivity contribution in [3.63, 3.8) is 0 Å². The molecule has 0 bridgehead atoms. The van der Waals surface area contributed by atoms with Gasteiger partial charge in [-0.3, -0.25) is 0 Å². The minimum Gasteiger partial charge on any atom is -0.311 e. The van der Waals surface area contributed by atoms with Crippen LogP contribution in [0.3, 0.4) is 0 Å². The summed E-state index contributed by atoms with van der Waals surface area (Å²) in [5.41, 5.74) is 6.46. The highest BCUT2D eigenvalue weighted by molar-refractivity contribution is 7.00. The first-order chi connectivity index (χ1) is 60.3. The van der Waals surface area contributed by atoms with Gasteiger partial charge in [-0.1, -0.05) is 292 Å². The quantitative estimate of drug-likeness (QED) is 0.135. The summed E-state index contributed by atoms with van der Waals surface area (Å²) < 4.78 is 240. The number of anilines is 6. The van der Waals surface area contributed by atoms with Gasteiger partial charge in [0.15, 0.2) is 0 Å². The molecule has 103 heavy (non-hydrogen) atoms. The molecule has 0 N–H and O–H groups in total. The van der Waals surface area contributed by atoms with Crippen LogP contribution in [0.1, 0.15) is 119 Å². The molecule has 2 aliphatic heterocycles. The van der Waals surface area contributed by atoms with E-state index in [4.69, 9.17) is 5.48 Å². The number of para-hydroxylation sites is 3. The molecule has 494 valence electrons. The first-order valence-electron chi connectivity index (χ1n) is 46.6. The molecule has 6 heteroatoms. The average Bonchev–Trinajstić information content (AvgIpc) is 1.61. The molecule has 0 unspecified atom stereocenters. The van der Waals surface area contributed by atoms with Crippen LogP contribution in [0.5, 0.6) is 0 Å². The van der Waals surface area contributed by atoms with Gasteiger partial charge in [-0.05, 0) is 173 Å². The summed E-state index contributed by atoms with van der Waals surface area (Å²) in [5.74, 6) is 0. The van der Waals surface area contributed by atoms with E-state index in [0.717, 1.165) is 22.3 Å². The summed E-state index contributed by atoms with van der Waals surface area (Å²) in [4.78, 5) is 3.89. The Morgan fingerprint density at radius 3 is 1.33 bits per heavy atom. The molecule has 0 saturated heterocycles. The second-order valence-electron chi connectivity index (χ2n) is 29.4. The van der Waals surface area contributed by atoms with Crippen LogP contribution in [0.4, 0.5) is 34.1 Å². The Morgan fingerprint density at radius 2 is 0.777 bits per heavy atom. The minimum atomic E-state index is -0.991. The van der Waals surface area contributed by atoms with Crippen LogP contribution in [0.15, 0.2) is 309 Å². The fourth-order valence-electron chi connectivity index (χ4n) is 15.0. The van der Waals surface area contributed by atoms with Crippen molar-refractivity contribution in [2.24, 2.45) is 0 Å². The zero-order valence-corrected chi connectivity index (χ0v) is 57.8. The van der Waals surface area contributed by atoms with Crippen LogP contribution >= 0.6 is 0 Å². The third-order valence-electron chi connectivity index (χ3n) is 20.0. The molecule has 0 spiro atoms. The maximum absolute atomic E-state index is 12.0. The van der Waals surface area contributed by atoms with Crippen LogP contribution < -0.4 is 26.2 Å². The van der Waals surface area contributed by atoms with Crippen molar-refractivity contribution in [3.8, 4) is 73.1 Å². The van der Waals surface area contributed by atoms with Crippen molar-refractivity contribution >= 4 is 101 Å². The number of benzene rings is 14. The second-order valence-corrected chi connectivity index (χ2v) is 29.4. The first-order valence-corrected chi connectivity index (χ1v) is 34.1. The van der Waals surface area contributed by atoms with E-state index in [1.54, 1.807) is 36.4 Å². The highest BCUT2D eigenvalue weighted by atomic mass is 15.2. The predicted molar refractivity (Wildman–Crippen MR) is 437 cm³/mol. The molecular formula is C97H78BN5. The van der Waals surface area contributed by atoms with Crippen molar-refractivity contribution in [1.82, 2.24) is 9.13 Å². The fourth-order valence-corrected chi connectivity index (χ4v) is 15.0. The smallest absolute Gasteiger partial charge is 0.252 e. The van der Waals surface area contributed by atoms with Crippen molar-refractivity contribution in [3.05, 3.63) is 331 Å². The Balaban J connectivity index is 1.09. The normalized spacial score (nSPS) is 16.2. The molecule has 2 aliphatic rings. The molecule has 16 aromatic rings. The summed E-state index contributed by atoms with van der Waals surface area (Å²) in [7, 11) is 0. The molecule has 2 aromatic heterocycles. The van der Waals surface area contributed by atoms with Crippen LogP contribution in [0.2, 0.25) is 0 Å². The Bertz CT molecular complexity index is 7500. The number of nitriles is 1. The molecule has 14 aromatic carbocycles. The first kappa shape index (κ1) is 41.5. The topological polar surface area (TPSA) is 40.1 Å². The lowest BCUT2D eigenvalue weighted by atomic mass is 9.33. The largest absolute Gasteiger partial charge is 0.311 e. The third kappa shape index (κ3) is 10.5. The van der Waals surface area contributed by atoms with E-state index in [2.05, 4.69) is 98.7 Å². The highest BCUT2D eigenvalue weighted by Gasteiger charge is 2.46. The number of rotatable bonds is 9. The van der Waals surface area contributed by atoms with Gasteiger partial charge < -0.3 is 18.9 Å². The molecule has 0 fully saturated rings. The van der Waals surface area contributed by atoms with Crippen LogP contribution in [0, 0.1) is 11.3 Å². The van der Waals surface area contributed by atoms with Gasteiger partial charge in [0, 0.05) is 66.8 Å². The van der Waals surface area contributed by atoms with Crippen LogP contribution in [0.25, 0.3) is 111 Å². The highest BCUT2D eigenvalue weighted by Crippen LogP contribution is 2.54. The zero-order chi connectivity index (χ0) is 92.0. The second kappa shape index (κ2) is 24.0. The van der Waals surface area contributed by atoms with E-state index >= 15 is 0 Å². The van der Waals surface area contributed by atoms with Crippen molar-refractivity contribution < 1.29 is 34.3 Å². The van der Waals surface area contributed by atoms with E-state index in [1.807, 2.05) is 94.7 Å². The van der Waals surface area contributed by atoms with E-state index in [0.29, 0.717) is 67.0 Å². The van der Waals surface area contributed by atoms with Crippen LogP contribution in [-0.4, -0.2) is 15.8 Å². The molecule has 0 atom stereocenters. The van der Waals surface area contributed by atoms with E-state index in [-0.39, 0.29) is 83.1 Å². The Hall–Kier alpha value is -12.2. The maximum atomic E-state index is 12.0. The summed E-state index contributed by atoms with van der Waals surface area (Å²) >= 11 is 0. The zero-order valence-electron chi connectivity index (χ0n) is 82.8. The van der Waals surface area contributed by atoms with Crippen molar-refractivity contribution in [1.29, 1.82) is 5.26 Å². The van der Waals surface area contributed by atoms with Gasteiger partial charge in [0.25, 0.3) is 6.71 Å². The SMILES string of the molecule is [2H]c1c([2H])c([2H])c(-c2ccc3c(c2)N(c2c(-c4ccccc4)cc(C(C)(C)C)cc2-c2ccccc2)c2cc(-n4c5c([2H])c([2H])c([2H])c([2H])c5c5c([2H])c([2H])c([2H])c([2H])c54)cc4c2B3c2ccc(-c3cc(C(C)(C)C)cc(C(C)(C)C)c3)cc2N4c2cc(C#N)cc(-n3c4c([2H])c([2H])c([2H])c([2H])c4c4c(-c5c([2H])c([2H])c([2H])c([2H])c5[2H])c([2H])c([2H])c([2H])c43)c2)c([2H])c1[2H]. The molecule has 0 amide bonds. The maximum Gasteiger partial charge on any atom is 0.252 e. The van der Waals surface area contributed by atoms with Gasteiger partial charge in [0.1, 0.15) is 0 Å². The predicted octanol–water partition coefficient (Wildman–Crippen LogP) is 24.1. The number of aromatic nitrogens is 2. The number of hydrogen-bond donors (Lipinski definition) is 0. The summed E-state index contributed by atoms with van der Waals surface area (Å²) in [6.07, 6.45) is 0. The minimum absolute atomic E-state index is 0.0113. The lowest BCUT2D eigenvalue weighted by molar-refractivity contribution is 0.569. The number of nitrogens with zero attached hydrogens (tertiary/aromatic N) is 5. The lowest BCUT2D eigenvalue weighted by Crippen LogP contribution is -2.61. The van der Waals surface area contributed by atoms with Gasteiger partial charge in [-0.15, -0.1) is 0 Å². The van der Waals surface area contributed by atoms with Crippen LogP contribution in [-0.2, 0) is 16.2 Å². The molecule has 18 rings (SSSR count). The molecule has 0 saturated carbocycles. The Labute approximate surface area is 639 Å². The summed E-state index contributed by atoms with van der Waals surface area (Å²) in [6.45, 7) is 18.0. The van der Waals surface area contributed by atoms with Gasteiger partial charge in [-0.25, -0.2) is 0 Å². The van der Waals surface area contributed by atoms with E-state index in [1.165, 1.54) is 15.2 Å². The average molecular weight is 1350 g/mol.